The van der Waals surface area contributed by atoms with Gasteiger partial charge in [-0.05, 0) is 116 Å². The Morgan fingerprint density at radius 1 is 0.538 bits per heavy atom. The molecule has 0 saturated carbocycles. The minimum atomic E-state index is -2.53. The Morgan fingerprint density at radius 2 is 1.18 bits per heavy atom. The van der Waals surface area contributed by atoms with E-state index in [-0.39, 0.29) is 65.7 Å². The molecule has 7 heteroatoms. The molecule has 0 spiro atoms. The molecule has 0 aliphatic carbocycles. The molecular formula is C71H51N5OPt-2. The zero-order chi connectivity index (χ0) is 63.0. The van der Waals surface area contributed by atoms with E-state index in [9.17, 15) is 5.48 Å². The first kappa shape index (κ1) is 36.0. The zero-order valence-electron chi connectivity index (χ0n) is 55.2. The molecular weight excluding hydrogens is 1130 g/mol. The van der Waals surface area contributed by atoms with Gasteiger partial charge in [-0.1, -0.05) is 178 Å². The summed E-state index contributed by atoms with van der Waals surface area (Å²) in [6.07, 6.45) is 5.27. The fraction of sp³-hybridized carbons (Fsp3) is 0.0704. The molecule has 0 radical (unpaired) electrons. The molecule has 14 rings (SSSR count). The van der Waals surface area contributed by atoms with Gasteiger partial charge in [-0.2, -0.15) is 18.2 Å². The number of fused-ring (bicyclic) bond motifs is 7. The average Bonchev–Trinajstić information content (AvgIpc) is 1.66. The van der Waals surface area contributed by atoms with Gasteiger partial charge in [0.2, 0.25) is 0 Å². The molecule has 78 heavy (non-hydrogen) atoms. The summed E-state index contributed by atoms with van der Waals surface area (Å²) in [5.41, 5.74) is 7.43. The number of benzene rings is 10. The quantitative estimate of drug-likeness (QED) is 0.107. The molecule has 0 N–H and O–H groups in total. The van der Waals surface area contributed by atoms with Gasteiger partial charge in [-0.25, -0.2) is 4.98 Å². The summed E-state index contributed by atoms with van der Waals surface area (Å²) < 4.78 is 129. The van der Waals surface area contributed by atoms with E-state index in [1.54, 1.807) is 63.7 Å². The molecule has 0 fully saturated rings. The van der Waals surface area contributed by atoms with E-state index in [0.717, 1.165) is 49.3 Å². The SMILES string of the molecule is [2H]c1c([2H])c([2H])c(-c2cccc(-c3c([2H])c([2H])c([2H])c([2H])c3[2H])c2-[n+]2[c-]n(-c3[c-]c(Oc4[c-]c5c(cc4)c4cc(-n6c7ccccc7c7ccccc76)ccc4n5-c4cc(C(C)(C)C)ccn4)ccc3)c3ccc(-c4ccccc4C([2H])([2H])[2H])cc32)c([2H])c1[2H].[Pt]. The third-order valence-electron chi connectivity index (χ3n) is 14.2. The molecule has 0 saturated heterocycles. The van der Waals surface area contributed by atoms with Crippen LogP contribution in [0.1, 0.15) is 49.7 Å². The minimum Gasteiger partial charge on any atom is -0.510 e. The van der Waals surface area contributed by atoms with Gasteiger partial charge in [-0.3, -0.25) is 4.57 Å². The van der Waals surface area contributed by atoms with Crippen molar-refractivity contribution in [3.05, 3.63) is 266 Å². The Labute approximate surface area is 486 Å². The van der Waals surface area contributed by atoms with Crippen LogP contribution in [0.5, 0.6) is 11.5 Å². The Kier molecular flexibility index (Phi) is 9.00. The van der Waals surface area contributed by atoms with Gasteiger partial charge in [0.05, 0.1) is 41.5 Å². The van der Waals surface area contributed by atoms with Crippen LogP contribution in [0.3, 0.4) is 0 Å². The zero-order valence-corrected chi connectivity index (χ0v) is 44.5. The molecule has 378 valence electrons. The Bertz CT molecular complexity index is 5160. The normalized spacial score (nSPS) is 14.3. The number of aryl methyl sites for hydroxylation is 1. The van der Waals surface area contributed by atoms with Crippen molar-refractivity contribution >= 4 is 54.6 Å². The van der Waals surface area contributed by atoms with Crippen LogP contribution in [-0.4, -0.2) is 18.7 Å². The Morgan fingerprint density at radius 3 is 1.90 bits per heavy atom. The molecule has 14 aromatic rings. The topological polar surface area (TPSA) is 40.8 Å². The molecule has 0 aliphatic rings. The van der Waals surface area contributed by atoms with Crippen molar-refractivity contribution in [1.29, 1.82) is 0 Å². The maximum absolute atomic E-state index is 9.24. The predicted molar refractivity (Wildman–Crippen MR) is 314 cm³/mol. The largest absolute Gasteiger partial charge is 0.510 e. The number of nitrogens with zero attached hydrogens (tertiary/aromatic N) is 5. The summed E-state index contributed by atoms with van der Waals surface area (Å²) in [7, 11) is 0. The first-order chi connectivity index (χ1) is 43.1. The number of pyridine rings is 1. The van der Waals surface area contributed by atoms with Gasteiger partial charge in [-0.15, -0.1) is 29.7 Å². The van der Waals surface area contributed by atoms with Crippen LogP contribution in [0.4, 0.5) is 0 Å². The number of hydrogen-bond donors (Lipinski definition) is 0. The van der Waals surface area contributed by atoms with Crippen molar-refractivity contribution in [2.24, 2.45) is 0 Å². The van der Waals surface area contributed by atoms with E-state index in [2.05, 4.69) is 121 Å². The summed E-state index contributed by atoms with van der Waals surface area (Å²) >= 11 is 0. The van der Waals surface area contributed by atoms with Gasteiger partial charge in [0, 0.05) is 64.8 Å². The van der Waals surface area contributed by atoms with E-state index in [4.69, 9.17) is 22.1 Å². The minimum absolute atomic E-state index is 0. The third kappa shape index (κ3) is 8.32. The number of imidazole rings is 1. The smallest absolute Gasteiger partial charge is 0.268 e. The van der Waals surface area contributed by atoms with Gasteiger partial charge in [0.15, 0.2) is 0 Å². The Hall–Kier alpha value is -9.09. The van der Waals surface area contributed by atoms with Crippen LogP contribution < -0.4 is 9.30 Å². The van der Waals surface area contributed by atoms with Gasteiger partial charge in [0.25, 0.3) is 6.33 Å². The fourth-order valence-corrected chi connectivity index (χ4v) is 10.6. The van der Waals surface area contributed by atoms with Crippen molar-refractivity contribution < 1.29 is 48.2 Å². The molecule has 6 nitrogen and oxygen atoms in total. The summed E-state index contributed by atoms with van der Waals surface area (Å²) in [6.45, 7) is 3.97. The number of hydrogen-bond acceptors (Lipinski definition) is 2. The number of para-hydroxylation sites is 3. The van der Waals surface area contributed by atoms with E-state index >= 15 is 0 Å². The fourth-order valence-electron chi connectivity index (χ4n) is 10.6. The average molecular weight is 1200 g/mol. The van der Waals surface area contributed by atoms with Crippen LogP contribution in [0.15, 0.2) is 236 Å². The Balaban J connectivity index is 0.00000758. The van der Waals surface area contributed by atoms with Crippen LogP contribution >= 0.6 is 0 Å². The van der Waals surface area contributed by atoms with Crippen LogP contribution in [-0.2, 0) is 26.5 Å². The van der Waals surface area contributed by atoms with E-state index in [1.807, 2.05) is 24.4 Å². The molecule has 0 bridgehead atoms. The van der Waals surface area contributed by atoms with Crippen molar-refractivity contribution in [1.82, 2.24) is 18.7 Å². The number of aromatic nitrogens is 5. The summed E-state index contributed by atoms with van der Waals surface area (Å²) in [5.74, 6) is 1.33. The molecule has 0 atom stereocenters. The van der Waals surface area contributed by atoms with Crippen molar-refractivity contribution in [2.75, 3.05) is 0 Å². The van der Waals surface area contributed by atoms with Crippen molar-refractivity contribution in [2.45, 2.75) is 33.0 Å². The summed E-state index contributed by atoms with van der Waals surface area (Å²) in [4.78, 5) is 4.95. The third-order valence-corrected chi connectivity index (χ3v) is 14.2. The van der Waals surface area contributed by atoms with Crippen LogP contribution in [0.2, 0.25) is 0 Å². The first-order valence-electron chi connectivity index (χ1n) is 31.6. The molecule has 0 unspecified atom stereocenters. The summed E-state index contributed by atoms with van der Waals surface area (Å²) in [6, 6.07) is 54.2. The monoisotopic (exact) mass is 1200 g/mol. The first-order valence-corrected chi connectivity index (χ1v) is 25.1. The van der Waals surface area contributed by atoms with E-state index in [0.29, 0.717) is 44.9 Å². The molecule has 0 amide bonds. The molecule has 10 aromatic carbocycles. The standard InChI is InChI=1S/C71H51N5O.Pt/c1-47-19-11-12-26-56(47)50-33-37-66-68(41-50)74(70-57(48-20-7-5-8-21-48)29-18-30-58(70)49-22-9-6-10-23-49)46-73(66)52-24-17-25-54(43-52)77-55-35-36-61-62-44-53(75-63-31-15-13-27-59(63)60-28-14-16-32-64(60)75)34-38-65(62)76(67(61)45-55)69-42-51(39-40-72-69)71(2,3)4;/h5-42,44H,1-4H3;/q-2;/i1D3,5D,6D,7D,8D,9D,10D,20D,21D,22D,23D;. The van der Waals surface area contributed by atoms with E-state index < -0.39 is 67.3 Å². The van der Waals surface area contributed by atoms with Crippen molar-refractivity contribution in [3.63, 3.8) is 0 Å². The van der Waals surface area contributed by atoms with E-state index in [1.165, 1.54) is 24.3 Å². The molecule has 4 aromatic heterocycles. The second-order valence-electron chi connectivity index (χ2n) is 19.9. The summed E-state index contributed by atoms with van der Waals surface area (Å²) in [5, 5.41) is 4.18. The molecule has 4 heterocycles. The van der Waals surface area contributed by atoms with Gasteiger partial charge >= 0.3 is 0 Å². The van der Waals surface area contributed by atoms with Gasteiger partial charge in [0.1, 0.15) is 5.82 Å². The predicted octanol–water partition coefficient (Wildman–Crippen LogP) is 17.3. The number of rotatable bonds is 9. The second kappa shape index (κ2) is 19.5. The van der Waals surface area contributed by atoms with Gasteiger partial charge < -0.3 is 18.4 Å². The maximum Gasteiger partial charge on any atom is 0.268 e. The molecule has 0 aliphatic heterocycles. The van der Waals surface area contributed by atoms with Crippen molar-refractivity contribution in [3.8, 4) is 67.8 Å². The van der Waals surface area contributed by atoms with Crippen LogP contribution in [0, 0.1) is 25.3 Å². The van der Waals surface area contributed by atoms with Crippen LogP contribution in [0.25, 0.3) is 111 Å². The number of ether oxygens (including phenoxy) is 1. The maximum atomic E-state index is 9.24. The second-order valence-corrected chi connectivity index (χ2v) is 19.9.